The van der Waals surface area contributed by atoms with Gasteiger partial charge >= 0.3 is 5.97 Å². The van der Waals surface area contributed by atoms with Crippen molar-refractivity contribution in [2.45, 2.75) is 44.9 Å². The number of hydrogen-bond donors (Lipinski definition) is 3. The number of halogens is 1. The summed E-state index contributed by atoms with van der Waals surface area (Å²) in [4.78, 5) is 60.8. The van der Waals surface area contributed by atoms with E-state index in [4.69, 9.17) is 9.84 Å². The maximum atomic E-state index is 13.1. The van der Waals surface area contributed by atoms with E-state index in [9.17, 15) is 28.4 Å². The molecule has 2 rings (SSSR count). The normalized spacial score (nSPS) is 12.4. The molecule has 2 atom stereocenters. The number of rotatable bonds is 14. The molecule has 3 N–H and O–H groups in total. The van der Waals surface area contributed by atoms with Crippen LogP contribution in [0.1, 0.15) is 37.8 Å². The van der Waals surface area contributed by atoms with Crippen LogP contribution in [0.3, 0.4) is 0 Å². The second-order valence-electron chi connectivity index (χ2n) is 7.64. The van der Waals surface area contributed by atoms with E-state index in [-0.39, 0.29) is 31.7 Å². The van der Waals surface area contributed by atoms with Gasteiger partial charge < -0.3 is 25.0 Å². The maximum Gasteiger partial charge on any atom is 0.305 e. The van der Waals surface area contributed by atoms with Crippen LogP contribution in [0.25, 0.3) is 0 Å². The van der Waals surface area contributed by atoms with Gasteiger partial charge in [0.25, 0.3) is 5.56 Å². The van der Waals surface area contributed by atoms with Crippen molar-refractivity contribution < 1.29 is 33.4 Å². The van der Waals surface area contributed by atoms with Gasteiger partial charge in [0.15, 0.2) is 5.78 Å². The third kappa shape index (κ3) is 8.45. The highest BCUT2D eigenvalue weighted by Gasteiger charge is 2.29. The topological polar surface area (TPSA) is 144 Å². The number of aromatic nitrogens is 1. The van der Waals surface area contributed by atoms with Crippen molar-refractivity contribution in [2.24, 2.45) is 0 Å². The van der Waals surface area contributed by atoms with Crippen LogP contribution in [-0.2, 0) is 30.5 Å². The molecular formula is C24H28FN3O7. The smallest absolute Gasteiger partial charge is 0.305 e. The van der Waals surface area contributed by atoms with Crippen molar-refractivity contribution in [3.05, 3.63) is 64.6 Å². The van der Waals surface area contributed by atoms with Crippen LogP contribution in [0.15, 0.2) is 53.5 Å². The van der Waals surface area contributed by atoms with Gasteiger partial charge in [0.05, 0.1) is 13.0 Å². The molecule has 0 aliphatic heterocycles. The first-order valence-corrected chi connectivity index (χ1v) is 11.0. The maximum absolute atomic E-state index is 13.1. The highest BCUT2D eigenvalue weighted by atomic mass is 19.1. The summed E-state index contributed by atoms with van der Waals surface area (Å²) in [6.07, 6.45) is 0.628. The fourth-order valence-corrected chi connectivity index (χ4v) is 3.23. The van der Waals surface area contributed by atoms with E-state index in [0.29, 0.717) is 0 Å². The van der Waals surface area contributed by atoms with Crippen molar-refractivity contribution in [1.29, 1.82) is 0 Å². The second kappa shape index (κ2) is 13.8. The van der Waals surface area contributed by atoms with E-state index in [2.05, 4.69) is 10.6 Å². The molecule has 0 radical (unpaired) electrons. The summed E-state index contributed by atoms with van der Waals surface area (Å²) in [5, 5.41) is 13.7. The molecule has 0 saturated carbocycles. The fourth-order valence-electron chi connectivity index (χ4n) is 3.23. The number of carbonyl (C=O) groups is 4. The molecule has 10 nitrogen and oxygen atoms in total. The van der Waals surface area contributed by atoms with Crippen LogP contribution < -0.4 is 16.2 Å². The Morgan fingerprint density at radius 1 is 1.11 bits per heavy atom. The number of ether oxygens (including phenoxy) is 1. The summed E-state index contributed by atoms with van der Waals surface area (Å²) >= 11 is 0. The number of Topliss-reactive ketones (excluding diaryl/α,β-unsaturated/α-hetero) is 1. The minimum Gasteiger partial charge on any atom is -0.481 e. The van der Waals surface area contributed by atoms with E-state index >= 15 is 0 Å². The molecule has 188 valence electrons. The van der Waals surface area contributed by atoms with Gasteiger partial charge in [0.2, 0.25) is 11.8 Å². The van der Waals surface area contributed by atoms with Crippen LogP contribution in [-0.4, -0.2) is 52.6 Å². The highest BCUT2D eigenvalue weighted by Crippen LogP contribution is 2.14. The molecule has 1 aromatic heterocycles. The summed E-state index contributed by atoms with van der Waals surface area (Å²) in [7, 11) is 0. The summed E-state index contributed by atoms with van der Waals surface area (Å²) in [5.41, 5.74) is 0.165. The predicted octanol–water partition coefficient (Wildman–Crippen LogP) is 1.84. The van der Waals surface area contributed by atoms with Crippen LogP contribution in [0.4, 0.5) is 10.1 Å². The molecule has 35 heavy (non-hydrogen) atoms. The average molecular weight is 490 g/mol. The lowest BCUT2D eigenvalue weighted by atomic mass is 10.1. The van der Waals surface area contributed by atoms with Gasteiger partial charge in [-0.2, -0.15) is 0 Å². The van der Waals surface area contributed by atoms with Gasteiger partial charge in [-0.3, -0.25) is 24.0 Å². The molecule has 2 aromatic rings. The molecule has 0 aliphatic rings. The summed E-state index contributed by atoms with van der Waals surface area (Å²) in [5.74, 6) is -3.76. The van der Waals surface area contributed by atoms with Gasteiger partial charge in [-0.05, 0) is 17.7 Å². The first-order chi connectivity index (χ1) is 16.8. The molecule has 0 saturated heterocycles. The molecule has 0 spiro atoms. The molecule has 1 unspecified atom stereocenters. The lowest BCUT2D eigenvalue weighted by Gasteiger charge is -2.23. The number of amides is 2. The average Bonchev–Trinajstić information content (AvgIpc) is 2.85. The third-order valence-corrected chi connectivity index (χ3v) is 5.07. The number of anilines is 1. The molecule has 2 amide bonds. The van der Waals surface area contributed by atoms with Crippen molar-refractivity contribution >= 4 is 29.3 Å². The number of carboxylic acids is 1. The Labute approximate surface area is 201 Å². The lowest BCUT2D eigenvalue weighted by molar-refractivity contribution is -0.140. The Kier molecular flexibility index (Phi) is 10.8. The van der Waals surface area contributed by atoms with Crippen molar-refractivity contribution in [1.82, 2.24) is 9.88 Å². The molecule has 0 bridgehead atoms. The van der Waals surface area contributed by atoms with E-state index < -0.39 is 54.3 Å². The quantitative estimate of drug-likeness (QED) is 0.344. The minimum atomic E-state index is -1.60. The van der Waals surface area contributed by atoms with Crippen LogP contribution >= 0.6 is 0 Å². The number of aliphatic carboxylic acids is 1. The monoisotopic (exact) mass is 489 g/mol. The van der Waals surface area contributed by atoms with Gasteiger partial charge in [-0.15, -0.1) is 0 Å². The number of hydrogen-bond acceptors (Lipinski definition) is 6. The molecule has 1 heterocycles. The Morgan fingerprint density at radius 2 is 1.83 bits per heavy atom. The van der Waals surface area contributed by atoms with Crippen LogP contribution in [0, 0.1) is 0 Å². The number of ketones is 1. The van der Waals surface area contributed by atoms with Crippen LogP contribution in [0.2, 0.25) is 0 Å². The van der Waals surface area contributed by atoms with E-state index in [0.717, 1.165) is 10.1 Å². The van der Waals surface area contributed by atoms with E-state index in [1.165, 1.54) is 18.3 Å². The third-order valence-electron chi connectivity index (χ3n) is 5.07. The molecule has 0 aliphatic carbocycles. The summed E-state index contributed by atoms with van der Waals surface area (Å²) < 4.78 is 19.6. The Balaban J connectivity index is 2.27. The Hall–Kier alpha value is -3.86. The largest absolute Gasteiger partial charge is 0.481 e. The van der Waals surface area contributed by atoms with E-state index in [1.54, 1.807) is 6.92 Å². The molecule has 0 fully saturated rings. The fraction of sp³-hybridized carbons (Fsp3) is 0.375. The van der Waals surface area contributed by atoms with Crippen molar-refractivity contribution in [2.75, 3.05) is 18.6 Å². The molecule has 11 heteroatoms. The first-order valence-electron chi connectivity index (χ1n) is 11.0. The number of carboxylic acid groups (broad SMARTS) is 1. The predicted molar refractivity (Wildman–Crippen MR) is 125 cm³/mol. The van der Waals surface area contributed by atoms with E-state index in [1.807, 2.05) is 30.3 Å². The Morgan fingerprint density at radius 3 is 2.46 bits per heavy atom. The number of nitrogens with zero attached hydrogens (tertiary/aromatic N) is 1. The van der Waals surface area contributed by atoms with Crippen molar-refractivity contribution in [3.8, 4) is 0 Å². The highest BCUT2D eigenvalue weighted by molar-refractivity contribution is 5.93. The summed E-state index contributed by atoms with van der Waals surface area (Å²) in [6, 6.07) is 9.27. The Bertz CT molecular complexity index is 1090. The number of benzene rings is 1. The van der Waals surface area contributed by atoms with Gasteiger partial charge in [-0.1, -0.05) is 37.3 Å². The lowest BCUT2D eigenvalue weighted by Crippen LogP contribution is -2.47. The zero-order valence-corrected chi connectivity index (χ0v) is 19.2. The van der Waals surface area contributed by atoms with Crippen molar-refractivity contribution in [3.63, 3.8) is 0 Å². The van der Waals surface area contributed by atoms with Crippen LogP contribution in [0.5, 0.6) is 0 Å². The number of nitrogens with one attached hydrogen (secondary N) is 2. The molecular weight excluding hydrogens is 461 g/mol. The zero-order valence-electron chi connectivity index (χ0n) is 19.2. The van der Waals surface area contributed by atoms with Gasteiger partial charge in [0, 0.05) is 25.6 Å². The number of alkyl halides is 1. The minimum absolute atomic E-state index is 0.0205. The summed E-state index contributed by atoms with van der Waals surface area (Å²) in [6.45, 7) is 0.438. The first kappa shape index (κ1) is 27.4. The second-order valence-corrected chi connectivity index (χ2v) is 7.64. The van der Waals surface area contributed by atoms with Gasteiger partial charge in [-0.25, -0.2) is 4.39 Å². The standard InChI is InChI=1S/C24H28FN3O7/c1-2-21(30)26-17-9-6-11-28(24(17)34)19(10-12-35-15-16-7-4-3-5-8-16)23(33)27-18(13-22(31)32)20(29)14-25/h3-9,11,18-19H,2,10,12-15H2,1H3,(H,26,30)(H,27,33)(H,31,32)/t18?,19-/m0/s1. The number of pyridine rings is 1. The molecule has 1 aromatic carbocycles. The zero-order chi connectivity index (χ0) is 25.8. The number of carbonyl (C=O) groups excluding carboxylic acids is 3. The van der Waals surface area contributed by atoms with Gasteiger partial charge in [0.1, 0.15) is 24.4 Å². The SMILES string of the molecule is CCC(=O)Nc1cccn([C@@H](CCOCc2ccccc2)C(=O)NC(CC(=O)O)C(=O)CF)c1=O.